The summed E-state index contributed by atoms with van der Waals surface area (Å²) in [5, 5.41) is 14.2. The lowest BCUT2D eigenvalue weighted by atomic mass is 10.0. The van der Waals surface area contributed by atoms with Crippen molar-refractivity contribution in [1.29, 1.82) is 0 Å². The fourth-order valence-electron chi connectivity index (χ4n) is 4.26. The molecule has 5 aromatic rings. The molecule has 2 amide bonds. The first-order valence-electron chi connectivity index (χ1n) is 12.5. The van der Waals surface area contributed by atoms with E-state index in [-0.39, 0.29) is 23.3 Å². The second kappa shape index (κ2) is 12.0. The first-order chi connectivity index (χ1) is 19.0. The molecule has 0 saturated carbocycles. The Bertz CT molecular complexity index is 1630. The van der Waals surface area contributed by atoms with Crippen LogP contribution in [-0.4, -0.2) is 16.9 Å². The highest BCUT2D eigenvalue weighted by molar-refractivity contribution is 7.80. The molecule has 7 heteroatoms. The van der Waals surface area contributed by atoms with Gasteiger partial charge in [0.1, 0.15) is 0 Å². The van der Waals surface area contributed by atoms with Crippen molar-refractivity contribution in [2.75, 3.05) is 16.0 Å². The van der Waals surface area contributed by atoms with Crippen molar-refractivity contribution in [3.63, 3.8) is 0 Å². The fourth-order valence-corrected chi connectivity index (χ4v) is 4.48. The largest absolute Gasteiger partial charge is 0.356 e. The summed E-state index contributed by atoms with van der Waals surface area (Å²) in [5.41, 5.74) is 4.35. The zero-order chi connectivity index (χ0) is 27.0. The van der Waals surface area contributed by atoms with Crippen molar-refractivity contribution < 1.29 is 9.59 Å². The molecule has 0 aliphatic rings. The Labute approximate surface area is 232 Å². The van der Waals surface area contributed by atoms with E-state index in [0.717, 1.165) is 27.7 Å². The average molecular weight is 531 g/mol. The number of rotatable bonds is 7. The van der Waals surface area contributed by atoms with E-state index in [4.69, 9.17) is 12.2 Å². The van der Waals surface area contributed by atoms with E-state index in [9.17, 15) is 9.59 Å². The third-order valence-electron chi connectivity index (χ3n) is 6.11. The topological polar surface area (TPSA) is 82.3 Å². The maximum absolute atomic E-state index is 13.1. The fraction of sp³-hybridized carbons (Fsp3) is 0.0312. The number of amides is 2. The predicted octanol–water partition coefficient (Wildman–Crippen LogP) is 6.89. The van der Waals surface area contributed by atoms with Crippen LogP contribution in [0.3, 0.4) is 0 Å². The molecular weight excluding hydrogens is 504 g/mol. The van der Waals surface area contributed by atoms with Crippen LogP contribution in [0.2, 0.25) is 0 Å². The van der Waals surface area contributed by atoms with Crippen LogP contribution in [0.5, 0.6) is 0 Å². The van der Waals surface area contributed by atoms with Gasteiger partial charge in [-0.3, -0.25) is 9.59 Å². The van der Waals surface area contributed by atoms with Gasteiger partial charge in [0, 0.05) is 17.1 Å². The van der Waals surface area contributed by atoms with E-state index >= 15 is 0 Å². The number of nitrogens with one attached hydrogen (secondary N) is 4. The first kappa shape index (κ1) is 25.6. The lowest BCUT2D eigenvalue weighted by Gasteiger charge is -2.14. The minimum atomic E-state index is -0.299. The first-order valence-corrected chi connectivity index (χ1v) is 12.9. The molecule has 0 radical (unpaired) electrons. The Morgan fingerprint density at radius 2 is 1.26 bits per heavy atom. The van der Waals surface area contributed by atoms with Gasteiger partial charge in [-0.15, -0.1) is 0 Å². The zero-order valence-corrected chi connectivity index (χ0v) is 21.8. The number of thiocarbonyl (C=S) groups is 1. The van der Waals surface area contributed by atoms with Gasteiger partial charge >= 0.3 is 0 Å². The van der Waals surface area contributed by atoms with Gasteiger partial charge in [0.15, 0.2) is 5.11 Å². The second-order valence-corrected chi connectivity index (χ2v) is 9.29. The standard InChI is InChI=1S/C32H26N4O2S/c37-30(21-23-11-8-10-22-9-4-5-14-27(22)23)36-32(39)35-29-16-7-6-15-28(29)31(38)34-26-19-17-25(18-20-26)33-24-12-2-1-3-13-24/h1-20,33H,21H2,(H,34,38)(H2,35,36,37,39). The van der Waals surface area contributed by atoms with Crippen molar-refractivity contribution in [2.45, 2.75) is 6.42 Å². The number of hydrogen-bond acceptors (Lipinski definition) is 4. The molecule has 0 spiro atoms. The van der Waals surface area contributed by atoms with E-state index in [1.54, 1.807) is 24.3 Å². The lowest BCUT2D eigenvalue weighted by Crippen LogP contribution is -2.35. The molecule has 0 aliphatic carbocycles. The molecule has 0 heterocycles. The average Bonchev–Trinajstić information content (AvgIpc) is 2.95. The highest BCUT2D eigenvalue weighted by Crippen LogP contribution is 2.22. The molecule has 0 unspecified atom stereocenters. The Hall–Kier alpha value is -5.01. The van der Waals surface area contributed by atoms with Gasteiger partial charge in [-0.25, -0.2) is 0 Å². The Morgan fingerprint density at radius 1 is 0.615 bits per heavy atom. The molecule has 0 atom stereocenters. The number of para-hydroxylation sites is 2. The molecule has 0 aliphatic heterocycles. The van der Waals surface area contributed by atoms with Gasteiger partial charge < -0.3 is 21.3 Å². The van der Waals surface area contributed by atoms with Gasteiger partial charge in [-0.1, -0.05) is 72.8 Å². The van der Waals surface area contributed by atoms with Gasteiger partial charge in [-0.2, -0.15) is 0 Å². The van der Waals surface area contributed by atoms with Crippen LogP contribution < -0.4 is 21.3 Å². The summed E-state index contributed by atoms with van der Waals surface area (Å²) in [6.45, 7) is 0. The highest BCUT2D eigenvalue weighted by atomic mass is 32.1. The number of benzene rings is 5. The zero-order valence-electron chi connectivity index (χ0n) is 21.0. The Morgan fingerprint density at radius 3 is 2.08 bits per heavy atom. The quantitative estimate of drug-likeness (QED) is 0.172. The number of anilines is 4. The van der Waals surface area contributed by atoms with Gasteiger partial charge in [-0.05, 0) is 77.1 Å². The minimum Gasteiger partial charge on any atom is -0.356 e. The smallest absolute Gasteiger partial charge is 0.257 e. The predicted molar refractivity (Wildman–Crippen MR) is 163 cm³/mol. The molecule has 0 saturated heterocycles. The molecule has 4 N–H and O–H groups in total. The molecule has 192 valence electrons. The van der Waals surface area contributed by atoms with Gasteiger partial charge in [0.05, 0.1) is 17.7 Å². The summed E-state index contributed by atoms with van der Waals surface area (Å²) >= 11 is 5.39. The van der Waals surface area contributed by atoms with Crippen molar-refractivity contribution in [2.24, 2.45) is 0 Å². The minimum absolute atomic E-state index is 0.122. The van der Waals surface area contributed by atoms with Crippen molar-refractivity contribution in [1.82, 2.24) is 5.32 Å². The van der Waals surface area contributed by atoms with Crippen molar-refractivity contribution in [3.8, 4) is 0 Å². The van der Waals surface area contributed by atoms with E-state index in [1.807, 2.05) is 97.1 Å². The lowest BCUT2D eigenvalue weighted by molar-refractivity contribution is -0.119. The summed E-state index contributed by atoms with van der Waals surface area (Å²) < 4.78 is 0. The maximum Gasteiger partial charge on any atom is 0.257 e. The molecular formula is C32H26N4O2S. The van der Waals surface area contributed by atoms with E-state index in [0.29, 0.717) is 16.9 Å². The summed E-state index contributed by atoms with van der Waals surface area (Å²) in [6.07, 6.45) is 0.181. The van der Waals surface area contributed by atoms with Crippen LogP contribution in [0.25, 0.3) is 10.8 Å². The molecule has 5 aromatic carbocycles. The summed E-state index contributed by atoms with van der Waals surface area (Å²) in [7, 11) is 0. The van der Waals surface area contributed by atoms with E-state index in [1.165, 1.54) is 0 Å². The molecule has 6 nitrogen and oxygen atoms in total. The number of carbonyl (C=O) groups excluding carboxylic acids is 2. The van der Waals surface area contributed by atoms with Crippen LogP contribution in [0.1, 0.15) is 15.9 Å². The third-order valence-corrected chi connectivity index (χ3v) is 6.31. The highest BCUT2D eigenvalue weighted by Gasteiger charge is 2.14. The molecule has 0 aromatic heterocycles. The third kappa shape index (κ3) is 6.66. The van der Waals surface area contributed by atoms with Crippen LogP contribution >= 0.6 is 12.2 Å². The van der Waals surface area contributed by atoms with Gasteiger partial charge in [0.2, 0.25) is 5.91 Å². The van der Waals surface area contributed by atoms with E-state index in [2.05, 4.69) is 21.3 Å². The summed E-state index contributed by atoms with van der Waals surface area (Å²) in [4.78, 5) is 25.8. The normalized spacial score (nSPS) is 10.5. The molecule has 0 fully saturated rings. The number of carbonyl (C=O) groups is 2. The van der Waals surface area contributed by atoms with Crippen molar-refractivity contribution in [3.05, 3.63) is 132 Å². The molecule has 39 heavy (non-hydrogen) atoms. The van der Waals surface area contributed by atoms with Crippen LogP contribution in [0, 0.1) is 0 Å². The van der Waals surface area contributed by atoms with Crippen molar-refractivity contribution >= 4 is 62.7 Å². The van der Waals surface area contributed by atoms with E-state index < -0.39 is 0 Å². The molecule has 0 bridgehead atoms. The van der Waals surface area contributed by atoms with Gasteiger partial charge in [0.25, 0.3) is 5.91 Å². The Balaban J connectivity index is 1.20. The SMILES string of the molecule is O=C(Cc1cccc2ccccc12)NC(=S)Nc1ccccc1C(=O)Nc1ccc(Nc2ccccc2)cc1. The van der Waals surface area contributed by atoms with Crippen LogP contribution in [-0.2, 0) is 11.2 Å². The maximum atomic E-state index is 13.1. The monoisotopic (exact) mass is 530 g/mol. The van der Waals surface area contributed by atoms with Crippen LogP contribution in [0.4, 0.5) is 22.7 Å². The number of fused-ring (bicyclic) bond motifs is 1. The number of hydrogen-bond donors (Lipinski definition) is 4. The second-order valence-electron chi connectivity index (χ2n) is 8.89. The van der Waals surface area contributed by atoms with Crippen LogP contribution in [0.15, 0.2) is 121 Å². The summed E-state index contributed by atoms with van der Waals surface area (Å²) in [6, 6.07) is 38.1. The Kier molecular flexibility index (Phi) is 7.90. The summed E-state index contributed by atoms with van der Waals surface area (Å²) in [5.74, 6) is -0.540. The molecule has 5 rings (SSSR count).